The van der Waals surface area contributed by atoms with Crippen LogP contribution in [0.2, 0.25) is 0 Å². The zero-order chi connectivity index (χ0) is 9.56. The van der Waals surface area contributed by atoms with E-state index in [1.807, 2.05) is 0 Å². The van der Waals surface area contributed by atoms with E-state index in [0.29, 0.717) is 6.42 Å². The van der Waals surface area contributed by atoms with Crippen LogP contribution in [0.15, 0.2) is 0 Å². The number of halogens is 1. The molecule has 0 fully saturated rings. The third kappa shape index (κ3) is 5.97. The summed E-state index contributed by atoms with van der Waals surface area (Å²) in [6.07, 6.45) is 0.0269. The maximum atomic E-state index is 10.2. The van der Waals surface area contributed by atoms with Crippen molar-refractivity contribution in [2.75, 3.05) is 0 Å². The van der Waals surface area contributed by atoms with E-state index in [0.717, 1.165) is 0 Å². The van der Waals surface area contributed by atoms with Gasteiger partial charge in [0.15, 0.2) is 0 Å². The van der Waals surface area contributed by atoms with Crippen LogP contribution in [0, 0.1) is 6.92 Å². The summed E-state index contributed by atoms with van der Waals surface area (Å²) >= 11 is 4.93. The lowest BCUT2D eigenvalue weighted by Gasteiger charge is -2.11. The second-order valence-corrected chi connectivity index (χ2v) is 2.51. The average molecular weight is 194 g/mol. The van der Waals surface area contributed by atoms with E-state index >= 15 is 0 Å². The van der Waals surface area contributed by atoms with E-state index in [1.54, 1.807) is 0 Å². The summed E-state index contributed by atoms with van der Waals surface area (Å²) < 4.78 is 4.55. The molecule has 0 aromatic carbocycles. The Labute approximate surface area is 75.5 Å². The van der Waals surface area contributed by atoms with E-state index in [1.165, 1.54) is 0 Å². The molecule has 12 heavy (non-hydrogen) atoms. The van der Waals surface area contributed by atoms with Gasteiger partial charge < -0.3 is 9.84 Å². The highest BCUT2D eigenvalue weighted by atomic mass is 35.5. The molecule has 1 N–H and O–H groups in total. The van der Waals surface area contributed by atoms with Crippen molar-refractivity contribution < 1.29 is 19.4 Å². The Hall–Kier alpha value is -0.770. The van der Waals surface area contributed by atoms with Crippen LogP contribution in [0.25, 0.3) is 0 Å². The first-order valence-corrected chi connectivity index (χ1v) is 3.81. The van der Waals surface area contributed by atoms with Crippen molar-refractivity contribution in [3.63, 3.8) is 0 Å². The molecular formula is C7H10ClO4. The summed E-state index contributed by atoms with van der Waals surface area (Å²) in [4.78, 5) is 20.3. The Morgan fingerprint density at radius 3 is 2.50 bits per heavy atom. The van der Waals surface area contributed by atoms with Crippen LogP contribution in [-0.4, -0.2) is 22.6 Å². The van der Waals surface area contributed by atoms with Gasteiger partial charge in [0.25, 0.3) is 0 Å². The van der Waals surface area contributed by atoms with Crippen molar-refractivity contribution in [2.24, 2.45) is 0 Å². The molecule has 0 heterocycles. The fraction of sp³-hybridized carbons (Fsp3) is 0.571. The number of carboxylic acids is 1. The molecule has 0 unspecified atom stereocenters. The van der Waals surface area contributed by atoms with Gasteiger partial charge in [0.05, 0.1) is 0 Å². The quantitative estimate of drug-likeness (QED) is 0.677. The van der Waals surface area contributed by atoms with Crippen LogP contribution in [0.5, 0.6) is 0 Å². The van der Waals surface area contributed by atoms with Crippen molar-refractivity contribution >= 4 is 23.0 Å². The highest BCUT2D eigenvalue weighted by molar-refractivity contribution is 6.61. The van der Waals surface area contributed by atoms with Crippen LogP contribution < -0.4 is 0 Å². The molecule has 0 aliphatic carbocycles. The van der Waals surface area contributed by atoms with Crippen molar-refractivity contribution in [3.8, 4) is 0 Å². The van der Waals surface area contributed by atoms with Crippen molar-refractivity contribution in [2.45, 2.75) is 25.4 Å². The molecule has 4 nitrogen and oxygen atoms in total. The van der Waals surface area contributed by atoms with E-state index in [2.05, 4.69) is 11.7 Å². The Balaban J connectivity index is 3.67. The summed E-state index contributed by atoms with van der Waals surface area (Å²) in [7, 11) is 0. The predicted octanol–water partition coefficient (Wildman–Crippen LogP) is 1.82. The molecule has 0 aliphatic heterocycles. The van der Waals surface area contributed by atoms with Crippen LogP contribution in [0.4, 0.5) is 4.79 Å². The minimum absolute atomic E-state index is 0.0512. The lowest BCUT2D eigenvalue weighted by Crippen LogP contribution is -2.15. The normalized spacial score (nSPS) is 12.2. The number of hydrogen-bond donors (Lipinski definition) is 1. The number of hydrogen-bond acceptors (Lipinski definition) is 3. The molecule has 1 atom stereocenters. The molecule has 69 valence electrons. The molecule has 0 rings (SSSR count). The molecular weight excluding hydrogens is 184 g/mol. The van der Waals surface area contributed by atoms with Gasteiger partial charge in [0, 0.05) is 18.0 Å². The largest absolute Gasteiger partial charge is 0.481 e. The minimum Gasteiger partial charge on any atom is -0.481 e. The summed E-state index contributed by atoms with van der Waals surface area (Å²) in [5.41, 5.74) is -0.922. The molecule has 5 heteroatoms. The molecule has 0 aromatic heterocycles. The number of aliphatic carboxylic acids is 1. The molecule has 0 spiro atoms. The van der Waals surface area contributed by atoms with Gasteiger partial charge in [-0.2, -0.15) is 0 Å². The third-order valence-electron chi connectivity index (χ3n) is 1.26. The number of ether oxygens (including phenoxy) is 1. The van der Waals surface area contributed by atoms with E-state index in [-0.39, 0.29) is 12.8 Å². The first kappa shape index (κ1) is 11.2. The predicted molar refractivity (Wildman–Crippen MR) is 43.0 cm³/mol. The van der Waals surface area contributed by atoms with Gasteiger partial charge in [-0.1, -0.05) is 0 Å². The van der Waals surface area contributed by atoms with Gasteiger partial charge in [0.1, 0.15) is 6.10 Å². The first-order chi connectivity index (χ1) is 5.56. The maximum Gasteiger partial charge on any atom is 0.404 e. The van der Waals surface area contributed by atoms with Gasteiger partial charge in [0.2, 0.25) is 0 Å². The van der Waals surface area contributed by atoms with Gasteiger partial charge in [-0.15, -0.1) is 0 Å². The smallest absolute Gasteiger partial charge is 0.404 e. The monoisotopic (exact) mass is 193 g/mol. The Morgan fingerprint density at radius 1 is 1.58 bits per heavy atom. The molecule has 0 aromatic rings. The van der Waals surface area contributed by atoms with Crippen LogP contribution >= 0.6 is 11.6 Å². The van der Waals surface area contributed by atoms with Gasteiger partial charge in [-0.25, -0.2) is 4.79 Å². The van der Waals surface area contributed by atoms with E-state index in [9.17, 15) is 9.59 Å². The van der Waals surface area contributed by atoms with Gasteiger partial charge >= 0.3 is 11.4 Å². The fourth-order valence-corrected chi connectivity index (χ4v) is 0.804. The second kappa shape index (κ2) is 5.83. The van der Waals surface area contributed by atoms with Crippen molar-refractivity contribution in [1.29, 1.82) is 0 Å². The molecule has 0 saturated carbocycles. The highest BCUT2D eigenvalue weighted by Gasteiger charge is 2.11. The molecule has 0 amide bonds. The standard InChI is InChI=1S/C7H10ClO4/c1-2-5(12-7(8)11)3-4-6(9)10/h5H,1-4H2,(H,9,10)/t5-/m1/s1. The van der Waals surface area contributed by atoms with E-state index in [4.69, 9.17) is 16.7 Å². The summed E-state index contributed by atoms with van der Waals surface area (Å²) in [5, 5.41) is 8.30. The number of carbonyl (C=O) groups excluding carboxylic acids is 1. The zero-order valence-electron chi connectivity index (χ0n) is 6.46. The van der Waals surface area contributed by atoms with Crippen LogP contribution in [0.3, 0.4) is 0 Å². The molecule has 0 aliphatic rings. The van der Waals surface area contributed by atoms with Crippen molar-refractivity contribution in [3.05, 3.63) is 6.92 Å². The fourth-order valence-electron chi connectivity index (χ4n) is 0.678. The van der Waals surface area contributed by atoms with Gasteiger partial charge in [-0.3, -0.25) is 4.79 Å². The Bertz CT molecular complexity index is 169. The topological polar surface area (TPSA) is 63.6 Å². The summed E-state index contributed by atoms with van der Waals surface area (Å²) in [6.45, 7) is 3.49. The number of carbonyl (C=O) groups is 2. The first-order valence-electron chi connectivity index (χ1n) is 3.43. The number of rotatable bonds is 5. The molecule has 0 saturated heterocycles. The molecule has 1 radical (unpaired) electrons. The lowest BCUT2D eigenvalue weighted by molar-refractivity contribution is -0.137. The summed E-state index contributed by atoms with van der Waals surface area (Å²) in [5.74, 6) is -0.931. The Morgan fingerprint density at radius 2 is 2.17 bits per heavy atom. The van der Waals surface area contributed by atoms with E-state index < -0.39 is 17.5 Å². The van der Waals surface area contributed by atoms with Crippen LogP contribution in [0.1, 0.15) is 19.3 Å². The maximum absolute atomic E-state index is 10.2. The zero-order valence-corrected chi connectivity index (χ0v) is 7.21. The highest BCUT2D eigenvalue weighted by Crippen LogP contribution is 2.08. The van der Waals surface area contributed by atoms with Crippen LogP contribution in [-0.2, 0) is 9.53 Å². The minimum atomic E-state index is -0.931. The Kier molecular flexibility index (Phi) is 5.45. The molecule has 0 bridgehead atoms. The SMILES string of the molecule is [CH2]C[C@H](CCC(=O)O)OC(=O)Cl. The second-order valence-electron chi connectivity index (χ2n) is 2.20. The lowest BCUT2D eigenvalue weighted by atomic mass is 10.1. The van der Waals surface area contributed by atoms with Gasteiger partial charge in [-0.05, 0) is 19.8 Å². The summed E-state index contributed by atoms with van der Waals surface area (Å²) in [6, 6.07) is 0. The van der Waals surface area contributed by atoms with Crippen molar-refractivity contribution in [1.82, 2.24) is 0 Å². The number of carboxylic acid groups (broad SMARTS) is 1. The third-order valence-corrected chi connectivity index (χ3v) is 1.35. The average Bonchev–Trinajstić information content (AvgIpc) is 1.97.